The van der Waals surface area contributed by atoms with Crippen LogP contribution in [0, 0.1) is 6.92 Å². The summed E-state index contributed by atoms with van der Waals surface area (Å²) in [5.41, 5.74) is 4.09. The van der Waals surface area contributed by atoms with Gasteiger partial charge in [-0.25, -0.2) is 4.98 Å². The van der Waals surface area contributed by atoms with Crippen LogP contribution in [-0.4, -0.2) is 43.0 Å². The van der Waals surface area contributed by atoms with Crippen molar-refractivity contribution in [3.63, 3.8) is 0 Å². The van der Waals surface area contributed by atoms with Crippen molar-refractivity contribution in [3.05, 3.63) is 59.2 Å². The van der Waals surface area contributed by atoms with Crippen LogP contribution in [0.25, 0.3) is 10.2 Å². The van der Waals surface area contributed by atoms with Gasteiger partial charge in [0.1, 0.15) is 0 Å². The van der Waals surface area contributed by atoms with Crippen molar-refractivity contribution in [2.45, 2.75) is 20.3 Å². The van der Waals surface area contributed by atoms with Gasteiger partial charge in [-0.3, -0.25) is 9.69 Å². The summed E-state index contributed by atoms with van der Waals surface area (Å²) in [7, 11) is 4.03. The van der Waals surface area contributed by atoms with E-state index in [9.17, 15) is 4.79 Å². The van der Waals surface area contributed by atoms with Crippen LogP contribution in [0.4, 0.5) is 5.13 Å². The molecule has 0 aliphatic rings. The van der Waals surface area contributed by atoms with Crippen LogP contribution in [0.15, 0.2) is 42.5 Å². The third-order valence-corrected chi connectivity index (χ3v) is 5.44. The number of anilines is 1. The van der Waals surface area contributed by atoms with E-state index in [1.165, 1.54) is 5.56 Å². The lowest BCUT2D eigenvalue weighted by Gasteiger charge is -2.22. The normalized spacial score (nSPS) is 11.3. The molecule has 0 unspecified atom stereocenters. The van der Waals surface area contributed by atoms with E-state index in [0.29, 0.717) is 12.1 Å². The Labute approximate surface area is 159 Å². The number of fused-ring (bicyclic) bond motifs is 1. The number of aromatic nitrogens is 1. The molecule has 0 radical (unpaired) electrons. The number of amides is 1. The fourth-order valence-electron chi connectivity index (χ4n) is 2.73. The standard InChI is InChI=1S/C21H25N3OS/c1-5-16-8-11-18-19(14-16)26-21(22-18)24(13-12-23(3)4)20(25)17-9-6-15(2)7-10-17/h6-11,14H,5,12-13H2,1-4H3. The molecule has 0 atom stereocenters. The van der Waals surface area contributed by atoms with Gasteiger partial charge in [0.15, 0.2) is 5.13 Å². The molecule has 0 aliphatic heterocycles. The third-order valence-electron chi connectivity index (χ3n) is 4.40. The summed E-state index contributed by atoms with van der Waals surface area (Å²) in [6.45, 7) is 5.57. The average Bonchev–Trinajstić information content (AvgIpc) is 3.04. The number of hydrogen-bond acceptors (Lipinski definition) is 4. The van der Waals surface area contributed by atoms with Crippen LogP contribution < -0.4 is 4.90 Å². The highest BCUT2D eigenvalue weighted by Gasteiger charge is 2.21. The summed E-state index contributed by atoms with van der Waals surface area (Å²) in [4.78, 5) is 21.8. The second kappa shape index (κ2) is 7.98. The zero-order chi connectivity index (χ0) is 18.7. The van der Waals surface area contributed by atoms with Crippen LogP contribution in [-0.2, 0) is 6.42 Å². The maximum absolute atomic E-state index is 13.1. The molecule has 0 fully saturated rings. The van der Waals surface area contributed by atoms with E-state index >= 15 is 0 Å². The third kappa shape index (κ3) is 4.11. The predicted molar refractivity (Wildman–Crippen MR) is 110 cm³/mol. The van der Waals surface area contributed by atoms with Gasteiger partial charge in [0.2, 0.25) is 0 Å². The van der Waals surface area contributed by atoms with Crippen molar-refractivity contribution >= 4 is 32.6 Å². The van der Waals surface area contributed by atoms with E-state index in [2.05, 4.69) is 30.0 Å². The Kier molecular flexibility index (Phi) is 5.69. The molecule has 0 bridgehead atoms. The minimum absolute atomic E-state index is 0.00150. The molecule has 1 heterocycles. The van der Waals surface area contributed by atoms with Crippen molar-refractivity contribution < 1.29 is 4.79 Å². The summed E-state index contributed by atoms with van der Waals surface area (Å²) in [6.07, 6.45) is 0.996. The van der Waals surface area contributed by atoms with Gasteiger partial charge < -0.3 is 4.90 Å². The first-order valence-corrected chi connectivity index (χ1v) is 9.72. The largest absolute Gasteiger partial charge is 0.308 e. The first-order valence-electron chi connectivity index (χ1n) is 8.90. The smallest absolute Gasteiger partial charge is 0.260 e. The van der Waals surface area contributed by atoms with Crippen LogP contribution in [0.1, 0.15) is 28.4 Å². The number of nitrogens with zero attached hydrogens (tertiary/aromatic N) is 3. The van der Waals surface area contributed by atoms with E-state index in [0.717, 1.165) is 33.9 Å². The second-order valence-corrected chi connectivity index (χ2v) is 7.79. The summed E-state index contributed by atoms with van der Waals surface area (Å²) in [6, 6.07) is 14.1. The van der Waals surface area contributed by atoms with Gasteiger partial charge in [0.25, 0.3) is 5.91 Å². The van der Waals surface area contributed by atoms with Gasteiger partial charge in [-0.15, -0.1) is 0 Å². The topological polar surface area (TPSA) is 36.4 Å². The first kappa shape index (κ1) is 18.5. The fraction of sp³-hybridized carbons (Fsp3) is 0.333. The van der Waals surface area contributed by atoms with Gasteiger partial charge in [-0.2, -0.15) is 0 Å². The van der Waals surface area contributed by atoms with Gasteiger partial charge >= 0.3 is 0 Å². The van der Waals surface area contributed by atoms with E-state index in [-0.39, 0.29) is 5.91 Å². The summed E-state index contributed by atoms with van der Waals surface area (Å²) < 4.78 is 1.13. The average molecular weight is 368 g/mol. The van der Waals surface area contributed by atoms with Crippen molar-refractivity contribution in [2.75, 3.05) is 32.1 Å². The highest BCUT2D eigenvalue weighted by molar-refractivity contribution is 7.22. The minimum Gasteiger partial charge on any atom is -0.308 e. The molecule has 3 rings (SSSR count). The number of hydrogen-bond donors (Lipinski definition) is 0. The Hall–Kier alpha value is -2.24. The maximum Gasteiger partial charge on any atom is 0.260 e. The van der Waals surface area contributed by atoms with Gasteiger partial charge in [-0.1, -0.05) is 42.0 Å². The number of carbonyl (C=O) groups excluding carboxylic acids is 1. The number of aryl methyl sites for hydroxylation is 2. The highest BCUT2D eigenvalue weighted by Crippen LogP contribution is 2.30. The van der Waals surface area contributed by atoms with Crippen molar-refractivity contribution in [1.82, 2.24) is 9.88 Å². The number of carbonyl (C=O) groups is 1. The van der Waals surface area contributed by atoms with E-state index in [4.69, 9.17) is 4.98 Å². The fourth-order valence-corrected chi connectivity index (χ4v) is 3.78. The molecular weight excluding hydrogens is 342 g/mol. The molecule has 1 amide bonds. The predicted octanol–water partition coefficient (Wildman–Crippen LogP) is 4.38. The zero-order valence-corrected chi connectivity index (χ0v) is 16.6. The Morgan fingerprint density at radius 1 is 1.08 bits per heavy atom. The first-order chi connectivity index (χ1) is 12.5. The van der Waals surface area contributed by atoms with Gasteiger partial charge in [0.05, 0.1) is 10.2 Å². The Balaban J connectivity index is 1.97. The Morgan fingerprint density at radius 3 is 2.46 bits per heavy atom. The lowest BCUT2D eigenvalue weighted by Crippen LogP contribution is -2.36. The number of benzene rings is 2. The monoisotopic (exact) mass is 367 g/mol. The number of likely N-dealkylation sites (N-methyl/N-ethyl adjacent to an activating group) is 1. The Bertz CT molecular complexity index is 899. The van der Waals surface area contributed by atoms with Crippen LogP contribution in [0.2, 0.25) is 0 Å². The highest BCUT2D eigenvalue weighted by atomic mass is 32.1. The zero-order valence-electron chi connectivity index (χ0n) is 15.8. The van der Waals surface area contributed by atoms with Crippen LogP contribution >= 0.6 is 11.3 Å². The van der Waals surface area contributed by atoms with Crippen LogP contribution in [0.3, 0.4) is 0 Å². The quantitative estimate of drug-likeness (QED) is 0.649. The lowest BCUT2D eigenvalue weighted by molar-refractivity contribution is 0.0985. The Morgan fingerprint density at radius 2 is 1.81 bits per heavy atom. The molecule has 3 aromatic rings. The summed E-state index contributed by atoms with van der Waals surface area (Å²) in [5.74, 6) is 0.00150. The van der Waals surface area contributed by atoms with E-state index < -0.39 is 0 Å². The molecule has 5 heteroatoms. The molecule has 136 valence electrons. The van der Waals surface area contributed by atoms with E-state index in [1.54, 1.807) is 16.2 Å². The SMILES string of the molecule is CCc1ccc2nc(N(CCN(C)C)C(=O)c3ccc(C)cc3)sc2c1. The molecule has 0 saturated heterocycles. The molecule has 26 heavy (non-hydrogen) atoms. The summed E-state index contributed by atoms with van der Waals surface area (Å²) >= 11 is 1.59. The molecular formula is C21H25N3OS. The van der Waals surface area contributed by atoms with Crippen molar-refractivity contribution in [2.24, 2.45) is 0 Å². The molecule has 2 aromatic carbocycles. The molecule has 4 nitrogen and oxygen atoms in total. The van der Waals surface area contributed by atoms with Crippen molar-refractivity contribution in [1.29, 1.82) is 0 Å². The maximum atomic E-state index is 13.1. The molecule has 0 spiro atoms. The number of rotatable bonds is 6. The second-order valence-electron chi connectivity index (χ2n) is 6.78. The van der Waals surface area contributed by atoms with E-state index in [1.807, 2.05) is 45.3 Å². The van der Waals surface area contributed by atoms with Crippen LogP contribution in [0.5, 0.6) is 0 Å². The molecule has 0 N–H and O–H groups in total. The molecule has 1 aromatic heterocycles. The molecule has 0 aliphatic carbocycles. The number of thiazole rings is 1. The molecule has 0 saturated carbocycles. The summed E-state index contributed by atoms with van der Waals surface area (Å²) in [5, 5.41) is 0.765. The lowest BCUT2D eigenvalue weighted by atomic mass is 10.1. The van der Waals surface area contributed by atoms with Crippen molar-refractivity contribution in [3.8, 4) is 0 Å². The minimum atomic E-state index is 0.00150. The van der Waals surface area contributed by atoms with Gasteiger partial charge in [0, 0.05) is 18.7 Å². The van der Waals surface area contributed by atoms with Gasteiger partial charge in [-0.05, 0) is 57.3 Å².